The molecule has 0 atom stereocenters. The molecule has 0 spiro atoms. The summed E-state index contributed by atoms with van der Waals surface area (Å²) >= 11 is 0. The second-order valence-corrected chi connectivity index (χ2v) is 8.03. The molecule has 4 aromatic heterocycles. The van der Waals surface area contributed by atoms with Crippen molar-refractivity contribution in [1.29, 1.82) is 0 Å². The van der Waals surface area contributed by atoms with E-state index in [4.69, 9.17) is 0 Å². The number of rotatable bonds is 4. The van der Waals surface area contributed by atoms with E-state index in [1.807, 2.05) is 18.2 Å². The van der Waals surface area contributed by atoms with Crippen LogP contribution in [0.4, 0.5) is 19.0 Å². The van der Waals surface area contributed by atoms with Gasteiger partial charge in [-0.25, -0.2) is 9.50 Å². The number of imidazole rings is 1. The molecule has 1 saturated carbocycles. The third-order valence-corrected chi connectivity index (χ3v) is 5.80. The number of hydrogen-bond donors (Lipinski definition) is 2. The Morgan fingerprint density at radius 3 is 2.44 bits per heavy atom. The topological polar surface area (TPSA) is 75.7 Å². The maximum atomic E-state index is 13.0. The normalized spacial score (nSPS) is 18.2. The fraction of sp³-hybridized carbons (Fsp3) is 0.375. The molecule has 1 amide bonds. The Labute approximate surface area is 196 Å². The molecule has 4 heterocycles. The fourth-order valence-corrected chi connectivity index (χ4v) is 4.16. The Bertz CT molecular complexity index is 1240. The number of nitrogens with one attached hydrogen (secondary N) is 2. The standard InChI is InChI=1S/C22H21F3N6O.2CH4/c23-22(24,25)18-13-30-19(5-3-6-20(30)28-18)26-14-7-9-15(10-8-14)27-21(32)17-12-16-4-1-2-11-31(16)29-17;;/h1-6,11-15,26H,7-10H2,(H,27,32);2*1H4. The summed E-state index contributed by atoms with van der Waals surface area (Å²) in [5.41, 5.74) is 0.567. The molecule has 1 fully saturated rings. The van der Waals surface area contributed by atoms with Crippen LogP contribution in [0.15, 0.2) is 54.9 Å². The lowest BCUT2D eigenvalue weighted by Crippen LogP contribution is -2.40. The van der Waals surface area contributed by atoms with E-state index in [9.17, 15) is 18.0 Å². The number of anilines is 1. The molecule has 1 aliphatic rings. The zero-order chi connectivity index (χ0) is 22.3. The van der Waals surface area contributed by atoms with E-state index in [2.05, 4.69) is 20.7 Å². The molecule has 2 N–H and O–H groups in total. The summed E-state index contributed by atoms with van der Waals surface area (Å²) in [6.07, 6.45) is 1.43. The van der Waals surface area contributed by atoms with Crippen LogP contribution in [0.5, 0.6) is 0 Å². The average Bonchev–Trinajstić information content (AvgIpc) is 3.40. The number of hydrogen-bond acceptors (Lipinski definition) is 4. The van der Waals surface area contributed by atoms with Crippen LogP contribution in [0.25, 0.3) is 11.2 Å². The third-order valence-electron chi connectivity index (χ3n) is 5.80. The highest BCUT2D eigenvalue weighted by molar-refractivity contribution is 5.93. The van der Waals surface area contributed by atoms with Gasteiger partial charge < -0.3 is 10.6 Å². The van der Waals surface area contributed by atoms with E-state index in [-0.39, 0.29) is 38.5 Å². The van der Waals surface area contributed by atoms with Gasteiger partial charge in [-0.2, -0.15) is 18.3 Å². The van der Waals surface area contributed by atoms with Crippen LogP contribution >= 0.6 is 0 Å². The van der Waals surface area contributed by atoms with Gasteiger partial charge in [0.25, 0.3) is 5.91 Å². The number of halogens is 3. The van der Waals surface area contributed by atoms with Crippen molar-refractivity contribution >= 4 is 22.9 Å². The van der Waals surface area contributed by atoms with Gasteiger partial charge in [0, 0.05) is 24.5 Å². The van der Waals surface area contributed by atoms with E-state index in [0.29, 0.717) is 11.5 Å². The monoisotopic (exact) mass is 474 g/mol. The van der Waals surface area contributed by atoms with E-state index in [1.54, 1.807) is 35.0 Å². The van der Waals surface area contributed by atoms with Gasteiger partial charge in [0.15, 0.2) is 11.4 Å². The number of alkyl halides is 3. The molecular formula is C24H29F3N6O. The summed E-state index contributed by atoms with van der Waals surface area (Å²) in [4.78, 5) is 16.2. The van der Waals surface area contributed by atoms with Crippen LogP contribution < -0.4 is 10.6 Å². The van der Waals surface area contributed by atoms with Crippen molar-refractivity contribution in [3.63, 3.8) is 0 Å². The Hall–Kier alpha value is -3.56. The highest BCUT2D eigenvalue weighted by atomic mass is 19.4. The number of nitrogens with zero attached hydrogens (tertiary/aromatic N) is 4. The van der Waals surface area contributed by atoms with Crippen molar-refractivity contribution in [2.75, 3.05) is 5.32 Å². The quantitative estimate of drug-likeness (QED) is 0.414. The van der Waals surface area contributed by atoms with Gasteiger partial charge >= 0.3 is 6.18 Å². The lowest BCUT2D eigenvalue weighted by molar-refractivity contribution is -0.140. The van der Waals surface area contributed by atoms with E-state index in [1.165, 1.54) is 4.40 Å². The van der Waals surface area contributed by atoms with E-state index in [0.717, 1.165) is 37.4 Å². The summed E-state index contributed by atoms with van der Waals surface area (Å²) < 4.78 is 42.1. The molecular weight excluding hydrogens is 445 g/mol. The van der Waals surface area contributed by atoms with Crippen molar-refractivity contribution in [1.82, 2.24) is 24.3 Å². The number of fused-ring (bicyclic) bond motifs is 2. The molecule has 0 aliphatic heterocycles. The average molecular weight is 475 g/mol. The molecule has 0 saturated heterocycles. The summed E-state index contributed by atoms with van der Waals surface area (Å²) in [5.74, 6) is 0.371. The van der Waals surface area contributed by atoms with Crippen molar-refractivity contribution in [2.45, 2.75) is 58.8 Å². The Morgan fingerprint density at radius 1 is 1.00 bits per heavy atom. The van der Waals surface area contributed by atoms with Crippen molar-refractivity contribution in [2.24, 2.45) is 0 Å². The molecule has 0 bridgehead atoms. The first-order chi connectivity index (χ1) is 15.4. The van der Waals surface area contributed by atoms with Crippen LogP contribution in [0.3, 0.4) is 0 Å². The predicted molar refractivity (Wildman–Crippen MR) is 126 cm³/mol. The van der Waals surface area contributed by atoms with Crippen molar-refractivity contribution < 1.29 is 18.0 Å². The van der Waals surface area contributed by atoms with E-state index < -0.39 is 11.9 Å². The number of aromatic nitrogens is 4. The molecule has 34 heavy (non-hydrogen) atoms. The molecule has 4 aromatic rings. The van der Waals surface area contributed by atoms with Crippen molar-refractivity contribution in [3.8, 4) is 0 Å². The smallest absolute Gasteiger partial charge is 0.368 e. The molecule has 5 rings (SSSR count). The van der Waals surface area contributed by atoms with Crippen molar-refractivity contribution in [3.05, 3.63) is 66.2 Å². The van der Waals surface area contributed by atoms with Gasteiger partial charge in [0.05, 0.1) is 5.52 Å². The minimum atomic E-state index is -4.49. The summed E-state index contributed by atoms with van der Waals surface area (Å²) in [7, 11) is 0. The molecule has 7 nitrogen and oxygen atoms in total. The Morgan fingerprint density at radius 2 is 1.74 bits per heavy atom. The number of carbonyl (C=O) groups is 1. The second kappa shape index (κ2) is 9.74. The molecule has 1 aliphatic carbocycles. The first kappa shape index (κ1) is 25.1. The number of carbonyl (C=O) groups excluding carboxylic acids is 1. The van der Waals surface area contributed by atoms with Crippen LogP contribution in [-0.2, 0) is 6.18 Å². The molecule has 182 valence electrons. The summed E-state index contributed by atoms with van der Waals surface area (Å²) in [5, 5.41) is 10.7. The minimum Gasteiger partial charge on any atom is -0.368 e. The zero-order valence-electron chi connectivity index (χ0n) is 17.0. The van der Waals surface area contributed by atoms with Crippen LogP contribution in [0.2, 0.25) is 0 Å². The Kier molecular flexibility index (Phi) is 7.18. The second-order valence-electron chi connectivity index (χ2n) is 8.03. The SMILES string of the molecule is C.C.O=C(NC1CCC(Nc2cccc3nc(C(F)(F)F)cn23)CC1)c1cc2ccccn2n1. The lowest BCUT2D eigenvalue weighted by Gasteiger charge is -2.30. The maximum Gasteiger partial charge on any atom is 0.434 e. The highest BCUT2D eigenvalue weighted by Gasteiger charge is 2.34. The van der Waals surface area contributed by atoms with Gasteiger partial charge in [-0.05, 0) is 56.0 Å². The molecule has 0 unspecified atom stereocenters. The zero-order valence-corrected chi connectivity index (χ0v) is 17.0. The van der Waals surface area contributed by atoms with Gasteiger partial charge in [0.2, 0.25) is 0 Å². The molecule has 0 aromatic carbocycles. The third kappa shape index (κ3) is 5.00. The predicted octanol–water partition coefficient (Wildman–Crippen LogP) is 5.43. The van der Waals surface area contributed by atoms with Gasteiger partial charge in [-0.1, -0.05) is 27.0 Å². The first-order valence-corrected chi connectivity index (χ1v) is 10.4. The molecule has 10 heteroatoms. The Balaban J connectivity index is 0.00000162. The summed E-state index contributed by atoms with van der Waals surface area (Å²) in [6.45, 7) is 0. The highest BCUT2D eigenvalue weighted by Crippen LogP contribution is 2.30. The minimum absolute atomic E-state index is 0. The van der Waals surface area contributed by atoms with Gasteiger partial charge in [0.1, 0.15) is 11.5 Å². The lowest BCUT2D eigenvalue weighted by atomic mass is 9.91. The van der Waals surface area contributed by atoms with Crippen LogP contribution in [0, 0.1) is 0 Å². The number of pyridine rings is 2. The number of amides is 1. The molecule has 0 radical (unpaired) electrons. The largest absolute Gasteiger partial charge is 0.434 e. The first-order valence-electron chi connectivity index (χ1n) is 10.4. The fourth-order valence-electron chi connectivity index (χ4n) is 4.16. The maximum absolute atomic E-state index is 13.0. The van der Waals surface area contributed by atoms with E-state index >= 15 is 0 Å². The summed E-state index contributed by atoms with van der Waals surface area (Å²) in [6, 6.07) is 12.5. The van der Waals surface area contributed by atoms with Gasteiger partial charge in [-0.15, -0.1) is 0 Å². The van der Waals surface area contributed by atoms with Crippen LogP contribution in [0.1, 0.15) is 56.7 Å². The van der Waals surface area contributed by atoms with Gasteiger partial charge in [-0.3, -0.25) is 9.20 Å². The van der Waals surface area contributed by atoms with Crippen LogP contribution in [-0.4, -0.2) is 37.0 Å².